The van der Waals surface area contributed by atoms with Gasteiger partial charge in [-0.1, -0.05) is 46.9 Å². The fraction of sp³-hybridized carbons (Fsp3) is 0.263. The summed E-state index contributed by atoms with van der Waals surface area (Å²) in [5.74, 6) is 1.57. The minimum absolute atomic E-state index is 0.324. The SMILES string of the molecule is Cc1cnc(-c2cc(Cl)ncc2Cl)c(C)c1.Cc1cnc(-c2cc(N3CCc4nc(N)ncc4C3)ncc2Cl)c(C)c1.Nc1ncc2c(n1)CCNC2. The van der Waals surface area contributed by atoms with Gasteiger partial charge in [-0.05, 0) is 62.1 Å². The van der Waals surface area contributed by atoms with E-state index >= 15 is 0 Å². The zero-order chi connectivity index (χ0) is 37.6. The van der Waals surface area contributed by atoms with Gasteiger partial charge in [0, 0.05) is 98.5 Å². The number of hydrogen-bond donors (Lipinski definition) is 3. The monoisotopic (exact) mass is 768 g/mol. The van der Waals surface area contributed by atoms with Crippen LogP contribution < -0.4 is 21.7 Å². The van der Waals surface area contributed by atoms with Crippen molar-refractivity contribution in [3.05, 3.63) is 121 Å². The lowest BCUT2D eigenvalue weighted by molar-refractivity contribution is 0.627. The van der Waals surface area contributed by atoms with E-state index in [9.17, 15) is 0 Å². The van der Waals surface area contributed by atoms with E-state index in [2.05, 4.69) is 62.2 Å². The van der Waals surface area contributed by atoms with E-state index in [1.54, 1.807) is 30.9 Å². The van der Waals surface area contributed by atoms with Crippen LogP contribution in [0, 0.1) is 27.7 Å². The number of anilines is 3. The molecule has 0 saturated carbocycles. The molecule has 0 aromatic carbocycles. The molecule has 0 aliphatic carbocycles. The molecule has 272 valence electrons. The third-order valence-electron chi connectivity index (χ3n) is 8.71. The Bertz CT molecular complexity index is 2270. The number of rotatable bonds is 3. The van der Waals surface area contributed by atoms with Crippen LogP contribution in [0.15, 0.2) is 61.4 Å². The lowest BCUT2D eigenvalue weighted by Gasteiger charge is -2.29. The van der Waals surface area contributed by atoms with E-state index < -0.39 is 0 Å². The van der Waals surface area contributed by atoms with Gasteiger partial charge in [-0.3, -0.25) is 9.97 Å². The Morgan fingerprint density at radius 2 is 1.19 bits per heavy atom. The summed E-state index contributed by atoms with van der Waals surface area (Å²) in [5.41, 5.74) is 23.3. The molecule has 8 heterocycles. The first-order valence-corrected chi connectivity index (χ1v) is 18.1. The van der Waals surface area contributed by atoms with Crippen molar-refractivity contribution >= 4 is 52.5 Å². The van der Waals surface area contributed by atoms with E-state index in [-0.39, 0.29) is 0 Å². The summed E-state index contributed by atoms with van der Waals surface area (Å²) in [6.45, 7) is 11.5. The molecule has 0 saturated heterocycles. The number of nitrogens with one attached hydrogen (secondary N) is 1. The quantitative estimate of drug-likeness (QED) is 0.156. The Hall–Kier alpha value is -5.01. The van der Waals surface area contributed by atoms with E-state index in [1.807, 2.05) is 46.2 Å². The standard InChI is InChI=1S/C19H19ClN6.C12H10Cl2N2.C7H10N4/c1-11-5-12(2)18(23-7-11)14-6-17(22-9-15(14)20)26-4-3-16-13(10-26)8-24-19(21)25-16;1-7-3-8(2)12(16-5-7)9-4-11(14)15-6-10(9)13;8-7-10-4-5-3-9-2-1-6(5)11-7/h5-9H,3-4,10H2,1-2H3,(H2,21,24,25);3-6H,1-2H3;4,9H,1-3H2,(H2,8,10,11). The highest BCUT2D eigenvalue weighted by molar-refractivity contribution is 6.34. The molecule has 15 heteroatoms. The van der Waals surface area contributed by atoms with Crippen LogP contribution in [0.4, 0.5) is 17.7 Å². The summed E-state index contributed by atoms with van der Waals surface area (Å²) < 4.78 is 0. The number of aryl methyl sites for hydroxylation is 4. The molecule has 2 aliphatic heterocycles. The first kappa shape index (κ1) is 37.7. The van der Waals surface area contributed by atoms with Gasteiger partial charge < -0.3 is 21.7 Å². The second-order valence-corrected chi connectivity index (χ2v) is 14.1. The molecule has 6 aromatic heterocycles. The largest absolute Gasteiger partial charge is 0.368 e. The van der Waals surface area contributed by atoms with Crippen molar-refractivity contribution in [2.75, 3.05) is 29.5 Å². The van der Waals surface area contributed by atoms with Gasteiger partial charge in [0.25, 0.3) is 0 Å². The number of pyridine rings is 4. The number of nitrogen functional groups attached to an aromatic ring is 2. The highest BCUT2D eigenvalue weighted by Gasteiger charge is 2.21. The summed E-state index contributed by atoms with van der Waals surface area (Å²) in [6.07, 6.45) is 12.3. The van der Waals surface area contributed by atoms with Crippen molar-refractivity contribution in [2.24, 2.45) is 0 Å². The number of halogens is 3. The molecular formula is C38H39Cl3N12. The molecule has 0 bridgehead atoms. The summed E-state index contributed by atoms with van der Waals surface area (Å²) in [6, 6.07) is 7.91. The van der Waals surface area contributed by atoms with Crippen molar-refractivity contribution < 1.29 is 0 Å². The predicted octanol–water partition coefficient (Wildman–Crippen LogP) is 7.12. The van der Waals surface area contributed by atoms with Crippen LogP contribution >= 0.6 is 34.8 Å². The second kappa shape index (κ2) is 16.8. The molecule has 0 unspecified atom stereocenters. The first-order valence-electron chi connectivity index (χ1n) is 16.9. The molecule has 0 spiro atoms. The second-order valence-electron chi connectivity index (χ2n) is 12.9. The predicted molar refractivity (Wildman–Crippen MR) is 212 cm³/mol. The van der Waals surface area contributed by atoms with Gasteiger partial charge in [-0.2, -0.15) is 0 Å². The molecule has 0 atom stereocenters. The van der Waals surface area contributed by atoms with E-state index in [0.717, 1.165) is 100 Å². The van der Waals surface area contributed by atoms with Crippen molar-refractivity contribution in [1.29, 1.82) is 0 Å². The number of nitrogens with zero attached hydrogens (tertiary/aromatic N) is 9. The molecule has 0 amide bonds. The fourth-order valence-electron chi connectivity index (χ4n) is 6.15. The van der Waals surface area contributed by atoms with Gasteiger partial charge in [-0.15, -0.1) is 0 Å². The zero-order valence-electron chi connectivity index (χ0n) is 29.8. The Kier molecular flexibility index (Phi) is 11.9. The van der Waals surface area contributed by atoms with Gasteiger partial charge in [0.2, 0.25) is 11.9 Å². The minimum atomic E-state index is 0.324. The summed E-state index contributed by atoms with van der Waals surface area (Å²) >= 11 is 18.4. The summed E-state index contributed by atoms with van der Waals surface area (Å²) in [5, 5.41) is 4.82. The maximum atomic E-state index is 6.43. The van der Waals surface area contributed by atoms with Crippen molar-refractivity contribution in [3.8, 4) is 22.5 Å². The average molecular weight is 770 g/mol. The third kappa shape index (κ3) is 9.33. The average Bonchev–Trinajstić information content (AvgIpc) is 3.13. The van der Waals surface area contributed by atoms with Crippen LogP contribution in [0.5, 0.6) is 0 Å². The highest BCUT2D eigenvalue weighted by atomic mass is 35.5. The molecule has 2 aliphatic rings. The van der Waals surface area contributed by atoms with Crippen molar-refractivity contribution in [3.63, 3.8) is 0 Å². The maximum Gasteiger partial charge on any atom is 0.220 e. The number of nitrogens with two attached hydrogens (primary N) is 2. The Labute approximate surface area is 323 Å². The Morgan fingerprint density at radius 3 is 1.81 bits per heavy atom. The van der Waals surface area contributed by atoms with E-state index in [1.165, 1.54) is 5.56 Å². The number of fused-ring (bicyclic) bond motifs is 2. The fourth-order valence-corrected chi connectivity index (χ4v) is 6.69. The Morgan fingerprint density at radius 1 is 0.623 bits per heavy atom. The summed E-state index contributed by atoms with van der Waals surface area (Å²) in [4.78, 5) is 36.1. The topological polar surface area (TPSA) is 170 Å². The summed E-state index contributed by atoms with van der Waals surface area (Å²) in [7, 11) is 0. The molecule has 12 nitrogen and oxygen atoms in total. The van der Waals surface area contributed by atoms with Crippen LogP contribution in [0.1, 0.15) is 44.8 Å². The minimum Gasteiger partial charge on any atom is -0.368 e. The molecular weight excluding hydrogens is 731 g/mol. The lowest BCUT2D eigenvalue weighted by atomic mass is 10.0. The van der Waals surface area contributed by atoms with E-state index in [0.29, 0.717) is 33.6 Å². The van der Waals surface area contributed by atoms with E-state index in [4.69, 9.17) is 46.3 Å². The van der Waals surface area contributed by atoms with Gasteiger partial charge in [0.15, 0.2) is 0 Å². The molecule has 53 heavy (non-hydrogen) atoms. The van der Waals surface area contributed by atoms with Gasteiger partial charge >= 0.3 is 0 Å². The maximum absolute atomic E-state index is 6.43. The van der Waals surface area contributed by atoms with Crippen LogP contribution in [-0.2, 0) is 25.9 Å². The first-order chi connectivity index (χ1) is 25.4. The zero-order valence-corrected chi connectivity index (χ0v) is 32.1. The van der Waals surface area contributed by atoms with Crippen LogP contribution in [0.25, 0.3) is 22.5 Å². The molecule has 0 radical (unpaired) electrons. The molecule has 8 rings (SSSR count). The highest BCUT2D eigenvalue weighted by Crippen LogP contribution is 2.33. The van der Waals surface area contributed by atoms with Crippen LogP contribution in [0.3, 0.4) is 0 Å². The van der Waals surface area contributed by atoms with Gasteiger partial charge in [-0.25, -0.2) is 29.9 Å². The van der Waals surface area contributed by atoms with Crippen LogP contribution in [0.2, 0.25) is 15.2 Å². The van der Waals surface area contributed by atoms with Crippen molar-refractivity contribution in [2.45, 2.75) is 53.6 Å². The normalized spacial score (nSPS) is 13.2. The third-order valence-corrected chi connectivity index (χ3v) is 9.52. The molecule has 0 fully saturated rings. The molecule has 6 aromatic rings. The van der Waals surface area contributed by atoms with Gasteiger partial charge in [0.1, 0.15) is 11.0 Å². The smallest absolute Gasteiger partial charge is 0.220 e. The number of hydrogen-bond acceptors (Lipinski definition) is 12. The number of aromatic nitrogens is 8. The van der Waals surface area contributed by atoms with Crippen molar-refractivity contribution in [1.82, 2.24) is 45.2 Å². The van der Waals surface area contributed by atoms with Gasteiger partial charge in [0.05, 0.1) is 32.8 Å². The lowest BCUT2D eigenvalue weighted by Crippen LogP contribution is -2.32. The van der Waals surface area contributed by atoms with Crippen LogP contribution in [-0.4, -0.2) is 53.0 Å². The Balaban J connectivity index is 0.000000151. The molecule has 5 N–H and O–H groups in total.